The molecule has 2 aromatic rings. The van der Waals surface area contributed by atoms with Gasteiger partial charge in [0.2, 0.25) is 5.91 Å². The minimum atomic E-state index is -0.141. The van der Waals surface area contributed by atoms with Crippen molar-refractivity contribution >= 4 is 17.3 Å². The minimum absolute atomic E-state index is 0.0950. The Morgan fingerprint density at radius 2 is 1.86 bits per heavy atom. The molecule has 0 bridgehead atoms. The molecule has 29 heavy (non-hydrogen) atoms. The highest BCUT2D eigenvalue weighted by atomic mass is 16.5. The molecular weight excluding hydrogens is 368 g/mol. The van der Waals surface area contributed by atoms with Crippen LogP contribution >= 0.6 is 0 Å². The second-order valence-electron chi connectivity index (χ2n) is 7.03. The fourth-order valence-electron chi connectivity index (χ4n) is 3.32. The summed E-state index contributed by atoms with van der Waals surface area (Å²) < 4.78 is 5.16. The van der Waals surface area contributed by atoms with Crippen molar-refractivity contribution < 1.29 is 14.6 Å². The summed E-state index contributed by atoms with van der Waals surface area (Å²) >= 11 is 0. The van der Waals surface area contributed by atoms with Crippen molar-refractivity contribution in [2.45, 2.75) is 13.3 Å². The molecule has 0 saturated carbocycles. The maximum absolute atomic E-state index is 12.2. The Morgan fingerprint density at radius 1 is 1.14 bits per heavy atom. The summed E-state index contributed by atoms with van der Waals surface area (Å²) in [7, 11) is 1.56. The van der Waals surface area contributed by atoms with E-state index in [1.165, 1.54) is 5.69 Å². The van der Waals surface area contributed by atoms with Gasteiger partial charge in [0.15, 0.2) is 0 Å². The number of amides is 1. The van der Waals surface area contributed by atoms with Crippen LogP contribution in [0.15, 0.2) is 53.6 Å². The van der Waals surface area contributed by atoms with Gasteiger partial charge in [-0.3, -0.25) is 9.69 Å². The maximum Gasteiger partial charge on any atom is 0.241 e. The van der Waals surface area contributed by atoms with Gasteiger partial charge in [0.25, 0.3) is 0 Å². The van der Waals surface area contributed by atoms with Crippen molar-refractivity contribution in [3.63, 3.8) is 0 Å². The molecule has 0 aromatic heterocycles. The fourth-order valence-corrected chi connectivity index (χ4v) is 3.32. The lowest BCUT2D eigenvalue weighted by molar-refractivity contribution is -0.121. The molecule has 1 amide bonds. The first kappa shape index (κ1) is 20.7. The second kappa shape index (κ2) is 9.93. The highest BCUT2D eigenvalue weighted by Gasteiger charge is 2.17. The number of hydrazone groups is 1. The molecule has 0 atom stereocenters. The molecule has 0 aliphatic carbocycles. The van der Waals surface area contributed by atoms with E-state index < -0.39 is 0 Å². The molecule has 7 heteroatoms. The Labute approximate surface area is 171 Å². The average Bonchev–Trinajstić information content (AvgIpc) is 2.77. The topological polar surface area (TPSA) is 77.4 Å². The number of methoxy groups -OCH3 is 1. The number of rotatable bonds is 7. The first-order chi connectivity index (χ1) is 14.1. The lowest BCUT2D eigenvalue weighted by Crippen LogP contribution is -2.47. The van der Waals surface area contributed by atoms with Gasteiger partial charge >= 0.3 is 0 Å². The predicted molar refractivity (Wildman–Crippen MR) is 115 cm³/mol. The van der Waals surface area contributed by atoms with Crippen molar-refractivity contribution in [3.05, 3.63) is 54.1 Å². The Kier molecular flexibility index (Phi) is 7.08. The first-order valence-electron chi connectivity index (χ1n) is 9.79. The molecular formula is C22H28N4O3. The highest BCUT2D eigenvalue weighted by Crippen LogP contribution is 2.23. The van der Waals surface area contributed by atoms with Gasteiger partial charge in [-0.25, -0.2) is 5.43 Å². The lowest BCUT2D eigenvalue weighted by atomic mass is 10.1. The van der Waals surface area contributed by atoms with Gasteiger partial charge in [0, 0.05) is 50.4 Å². The van der Waals surface area contributed by atoms with Crippen LogP contribution in [-0.4, -0.2) is 61.5 Å². The van der Waals surface area contributed by atoms with Gasteiger partial charge in [-0.1, -0.05) is 18.2 Å². The molecule has 3 rings (SSSR count). The zero-order valence-electron chi connectivity index (χ0n) is 17.0. The molecule has 1 saturated heterocycles. The summed E-state index contributed by atoms with van der Waals surface area (Å²) in [6.45, 7) is 6.21. The Morgan fingerprint density at radius 3 is 2.55 bits per heavy atom. The van der Waals surface area contributed by atoms with Crippen LogP contribution < -0.4 is 15.1 Å². The first-order valence-corrected chi connectivity index (χ1v) is 9.79. The fraction of sp³-hybridized carbons (Fsp3) is 0.364. The van der Waals surface area contributed by atoms with Crippen molar-refractivity contribution in [1.82, 2.24) is 10.3 Å². The Hall–Kier alpha value is -3.06. The van der Waals surface area contributed by atoms with E-state index in [1.807, 2.05) is 6.07 Å². The summed E-state index contributed by atoms with van der Waals surface area (Å²) in [5.41, 5.74) is 4.87. The van der Waals surface area contributed by atoms with E-state index >= 15 is 0 Å². The van der Waals surface area contributed by atoms with Gasteiger partial charge in [0.05, 0.1) is 12.8 Å². The number of nitrogens with zero attached hydrogens (tertiary/aromatic N) is 3. The van der Waals surface area contributed by atoms with Crippen LogP contribution in [-0.2, 0) is 4.79 Å². The predicted octanol–water partition coefficient (Wildman–Crippen LogP) is 2.45. The maximum atomic E-state index is 12.2. The number of benzene rings is 2. The summed E-state index contributed by atoms with van der Waals surface area (Å²) in [4.78, 5) is 16.8. The number of carbonyl (C=O) groups is 1. The van der Waals surface area contributed by atoms with Gasteiger partial charge < -0.3 is 14.7 Å². The van der Waals surface area contributed by atoms with Crippen LogP contribution in [0.1, 0.15) is 18.9 Å². The Bertz CT molecular complexity index is 846. The molecule has 0 spiro atoms. The van der Waals surface area contributed by atoms with Gasteiger partial charge in [-0.2, -0.15) is 5.10 Å². The van der Waals surface area contributed by atoms with Gasteiger partial charge in [-0.05, 0) is 37.3 Å². The third-order valence-electron chi connectivity index (χ3n) is 5.09. The van der Waals surface area contributed by atoms with Crippen LogP contribution in [0.4, 0.5) is 5.69 Å². The van der Waals surface area contributed by atoms with E-state index in [0.29, 0.717) is 30.0 Å². The molecule has 7 nitrogen and oxygen atoms in total. The number of anilines is 1. The number of piperazine rings is 1. The molecule has 2 aromatic carbocycles. The highest BCUT2D eigenvalue weighted by molar-refractivity contribution is 6.01. The van der Waals surface area contributed by atoms with E-state index in [-0.39, 0.29) is 11.7 Å². The van der Waals surface area contributed by atoms with Crippen LogP contribution in [0.5, 0.6) is 11.5 Å². The molecule has 154 valence electrons. The van der Waals surface area contributed by atoms with Crippen molar-refractivity contribution in [2.75, 3.05) is 44.7 Å². The third-order valence-corrected chi connectivity index (χ3v) is 5.09. The number of ether oxygens (including phenoxy) is 1. The number of aromatic hydroxyl groups is 1. The number of phenolic OH excluding ortho intramolecular Hbond substituents is 1. The number of nitrogens with one attached hydrogen (secondary N) is 1. The van der Waals surface area contributed by atoms with E-state index in [1.54, 1.807) is 32.2 Å². The normalized spacial score (nSPS) is 15.2. The van der Waals surface area contributed by atoms with E-state index in [9.17, 15) is 9.90 Å². The molecule has 1 aliphatic heterocycles. The standard InChI is InChI=1S/C22H28N4O3/c1-17(20-16-19(29-2)8-9-21(20)27)23-24-22(28)10-11-25-12-14-26(15-13-25)18-6-4-3-5-7-18/h3-9,16,27H,10-15H2,1-2H3,(H,24,28)/b23-17+. The number of hydrogen-bond acceptors (Lipinski definition) is 6. The SMILES string of the molecule is COc1ccc(O)c(/C(C)=N/NC(=O)CCN2CCN(c3ccccc3)CC2)c1. The monoisotopic (exact) mass is 396 g/mol. The van der Waals surface area contributed by atoms with Crippen molar-refractivity contribution in [2.24, 2.45) is 5.10 Å². The van der Waals surface area contributed by atoms with Crippen LogP contribution in [0.2, 0.25) is 0 Å². The van der Waals surface area contributed by atoms with Crippen LogP contribution in [0.25, 0.3) is 0 Å². The quantitative estimate of drug-likeness (QED) is 0.555. The summed E-state index contributed by atoms with van der Waals surface area (Å²) in [6, 6.07) is 15.3. The molecule has 0 radical (unpaired) electrons. The summed E-state index contributed by atoms with van der Waals surface area (Å²) in [5, 5.41) is 14.1. The Balaban J connectivity index is 1.44. The van der Waals surface area contributed by atoms with Crippen molar-refractivity contribution in [1.29, 1.82) is 0 Å². The average molecular weight is 396 g/mol. The second-order valence-corrected chi connectivity index (χ2v) is 7.03. The van der Waals surface area contributed by atoms with Gasteiger partial charge in [-0.15, -0.1) is 0 Å². The van der Waals surface area contributed by atoms with E-state index in [0.717, 1.165) is 26.2 Å². The number of phenols is 1. The lowest BCUT2D eigenvalue weighted by Gasteiger charge is -2.36. The van der Waals surface area contributed by atoms with Crippen molar-refractivity contribution in [3.8, 4) is 11.5 Å². The molecule has 0 unspecified atom stereocenters. The smallest absolute Gasteiger partial charge is 0.241 e. The molecule has 1 fully saturated rings. The van der Waals surface area contributed by atoms with Crippen LogP contribution in [0.3, 0.4) is 0 Å². The zero-order valence-corrected chi connectivity index (χ0v) is 17.0. The third kappa shape index (κ3) is 5.71. The van der Waals surface area contributed by atoms with Crippen LogP contribution in [0, 0.1) is 0 Å². The minimum Gasteiger partial charge on any atom is -0.507 e. The van der Waals surface area contributed by atoms with E-state index in [4.69, 9.17) is 4.74 Å². The summed E-state index contributed by atoms with van der Waals surface area (Å²) in [5.74, 6) is 0.572. The molecule has 1 aliphatic rings. The zero-order chi connectivity index (χ0) is 20.6. The number of para-hydroxylation sites is 1. The molecule has 2 N–H and O–H groups in total. The summed E-state index contributed by atoms with van der Waals surface area (Å²) in [6.07, 6.45) is 0.381. The molecule has 1 heterocycles. The number of carbonyl (C=O) groups excluding carboxylic acids is 1. The van der Waals surface area contributed by atoms with E-state index in [2.05, 4.69) is 44.6 Å². The largest absolute Gasteiger partial charge is 0.507 e. The number of hydrogen-bond donors (Lipinski definition) is 2. The van der Waals surface area contributed by atoms with Gasteiger partial charge in [0.1, 0.15) is 11.5 Å².